The average Bonchev–Trinajstić information content (AvgIpc) is 2.94. The fraction of sp³-hybridized carbons (Fsp3) is 0.556. The highest BCUT2D eigenvalue weighted by Gasteiger charge is 2.33. The first-order valence-electron chi connectivity index (χ1n) is 8.66. The van der Waals surface area contributed by atoms with E-state index in [2.05, 4.69) is 10.2 Å². The van der Waals surface area contributed by atoms with Crippen LogP contribution in [0.15, 0.2) is 24.3 Å². The molecule has 6 nitrogen and oxygen atoms in total. The van der Waals surface area contributed by atoms with Gasteiger partial charge < -0.3 is 15.0 Å². The molecule has 2 amide bonds. The zero-order valence-electron chi connectivity index (χ0n) is 14.2. The Labute approximate surface area is 142 Å². The molecule has 0 saturated carbocycles. The topological polar surface area (TPSA) is 61.9 Å². The van der Waals surface area contributed by atoms with Crippen molar-refractivity contribution >= 4 is 17.5 Å². The Kier molecular flexibility index (Phi) is 5.48. The Bertz CT molecular complexity index is 599. The number of benzene rings is 1. The Morgan fingerprint density at radius 1 is 1.25 bits per heavy atom. The summed E-state index contributed by atoms with van der Waals surface area (Å²) >= 11 is 0. The lowest BCUT2D eigenvalue weighted by atomic mass is 10.1. The fourth-order valence-corrected chi connectivity index (χ4v) is 3.39. The van der Waals surface area contributed by atoms with Gasteiger partial charge in [0.2, 0.25) is 0 Å². The number of para-hydroxylation sites is 1. The second-order valence-electron chi connectivity index (χ2n) is 6.42. The Balaban J connectivity index is 1.47. The largest absolute Gasteiger partial charge is 0.379 e. The highest BCUT2D eigenvalue weighted by molar-refractivity contribution is 6.40. The maximum absolute atomic E-state index is 12.5. The number of nitrogens with one attached hydrogen (secondary N) is 1. The van der Waals surface area contributed by atoms with Crippen molar-refractivity contribution in [3.05, 3.63) is 29.8 Å². The van der Waals surface area contributed by atoms with Crippen molar-refractivity contribution in [1.29, 1.82) is 0 Å². The van der Waals surface area contributed by atoms with E-state index in [9.17, 15) is 9.59 Å². The number of fused-ring (bicyclic) bond motifs is 1. The van der Waals surface area contributed by atoms with Crippen LogP contribution in [0.5, 0.6) is 0 Å². The number of morpholine rings is 1. The number of carbonyl (C=O) groups excluding carboxylic acids is 2. The number of anilines is 1. The van der Waals surface area contributed by atoms with Crippen LogP contribution in [0.4, 0.5) is 5.69 Å². The molecule has 1 N–H and O–H groups in total. The van der Waals surface area contributed by atoms with Gasteiger partial charge in [-0.05, 0) is 37.9 Å². The van der Waals surface area contributed by atoms with Gasteiger partial charge in [0.25, 0.3) is 0 Å². The average molecular weight is 331 g/mol. The summed E-state index contributed by atoms with van der Waals surface area (Å²) < 4.78 is 5.31. The van der Waals surface area contributed by atoms with Crippen LogP contribution in [0.25, 0.3) is 0 Å². The van der Waals surface area contributed by atoms with Crippen LogP contribution in [-0.4, -0.2) is 62.1 Å². The number of hydrogen-bond acceptors (Lipinski definition) is 4. The molecule has 0 spiro atoms. The molecule has 1 atom stereocenters. The van der Waals surface area contributed by atoms with Gasteiger partial charge in [0.05, 0.1) is 13.2 Å². The number of nitrogens with zero attached hydrogens (tertiary/aromatic N) is 2. The van der Waals surface area contributed by atoms with Crippen LogP contribution in [-0.2, 0) is 20.7 Å². The summed E-state index contributed by atoms with van der Waals surface area (Å²) in [5.74, 6) is -0.973. The van der Waals surface area contributed by atoms with Crippen molar-refractivity contribution in [2.45, 2.75) is 25.8 Å². The van der Waals surface area contributed by atoms with Gasteiger partial charge in [-0.15, -0.1) is 0 Å². The van der Waals surface area contributed by atoms with Crippen molar-refractivity contribution in [1.82, 2.24) is 10.2 Å². The smallest absolute Gasteiger partial charge is 0.316 e. The van der Waals surface area contributed by atoms with Crippen LogP contribution in [0.3, 0.4) is 0 Å². The monoisotopic (exact) mass is 331 g/mol. The van der Waals surface area contributed by atoms with Crippen LogP contribution >= 0.6 is 0 Å². The van der Waals surface area contributed by atoms with E-state index in [0.29, 0.717) is 6.54 Å². The van der Waals surface area contributed by atoms with Gasteiger partial charge in [-0.3, -0.25) is 14.5 Å². The molecule has 0 aliphatic carbocycles. The molecule has 2 heterocycles. The molecule has 0 aromatic heterocycles. The van der Waals surface area contributed by atoms with Gasteiger partial charge in [0, 0.05) is 31.4 Å². The standard InChI is InChI=1S/C18H25N3O3/c1-14-13-15-5-2-3-6-16(15)21(14)18(23)17(22)19-7-4-8-20-9-11-24-12-10-20/h2-3,5-6,14H,4,7-13H2,1H3,(H,19,22). The second-order valence-corrected chi connectivity index (χ2v) is 6.42. The first-order chi connectivity index (χ1) is 11.7. The molecule has 2 aliphatic rings. The zero-order valence-corrected chi connectivity index (χ0v) is 14.2. The first-order valence-corrected chi connectivity index (χ1v) is 8.66. The highest BCUT2D eigenvalue weighted by atomic mass is 16.5. The summed E-state index contributed by atoms with van der Waals surface area (Å²) in [6.45, 7) is 6.84. The van der Waals surface area contributed by atoms with Crippen molar-refractivity contribution in [3.8, 4) is 0 Å². The molecule has 1 saturated heterocycles. The van der Waals surface area contributed by atoms with Crippen LogP contribution in [0.1, 0.15) is 18.9 Å². The lowest BCUT2D eigenvalue weighted by molar-refractivity contribution is -0.137. The molecule has 1 unspecified atom stereocenters. The summed E-state index contributed by atoms with van der Waals surface area (Å²) in [6, 6.07) is 7.80. The summed E-state index contributed by atoms with van der Waals surface area (Å²) in [7, 11) is 0. The third-order valence-electron chi connectivity index (χ3n) is 4.66. The minimum atomic E-state index is -0.513. The van der Waals surface area contributed by atoms with Crippen LogP contribution < -0.4 is 10.2 Å². The van der Waals surface area contributed by atoms with Crippen LogP contribution in [0, 0.1) is 0 Å². The van der Waals surface area contributed by atoms with E-state index < -0.39 is 11.8 Å². The number of ether oxygens (including phenoxy) is 1. The van der Waals surface area contributed by atoms with Crippen molar-refractivity contribution in [3.63, 3.8) is 0 Å². The van der Waals surface area contributed by atoms with Gasteiger partial charge in [-0.2, -0.15) is 0 Å². The van der Waals surface area contributed by atoms with E-state index >= 15 is 0 Å². The van der Waals surface area contributed by atoms with E-state index in [0.717, 1.165) is 56.9 Å². The molecule has 1 aromatic rings. The fourth-order valence-electron chi connectivity index (χ4n) is 3.39. The van der Waals surface area contributed by atoms with E-state index in [1.54, 1.807) is 4.90 Å². The van der Waals surface area contributed by atoms with Gasteiger partial charge >= 0.3 is 11.8 Å². The Morgan fingerprint density at radius 3 is 2.79 bits per heavy atom. The summed E-state index contributed by atoms with van der Waals surface area (Å²) in [5, 5.41) is 2.76. The normalized spacial score (nSPS) is 20.7. The van der Waals surface area contributed by atoms with E-state index in [1.165, 1.54) is 0 Å². The molecule has 3 rings (SSSR count). The SMILES string of the molecule is CC1Cc2ccccc2N1C(=O)C(=O)NCCCN1CCOCC1. The molecule has 130 valence electrons. The maximum Gasteiger partial charge on any atom is 0.316 e. The highest BCUT2D eigenvalue weighted by Crippen LogP contribution is 2.31. The number of rotatable bonds is 4. The maximum atomic E-state index is 12.5. The Morgan fingerprint density at radius 2 is 2.00 bits per heavy atom. The van der Waals surface area contributed by atoms with Gasteiger partial charge in [0.1, 0.15) is 0 Å². The lowest BCUT2D eigenvalue weighted by Crippen LogP contribution is -2.46. The van der Waals surface area contributed by atoms with Gasteiger partial charge in [-0.25, -0.2) is 0 Å². The van der Waals surface area contributed by atoms with E-state index in [4.69, 9.17) is 4.74 Å². The lowest BCUT2D eigenvalue weighted by Gasteiger charge is -2.26. The molecule has 0 radical (unpaired) electrons. The summed E-state index contributed by atoms with van der Waals surface area (Å²) in [6.07, 6.45) is 1.64. The quantitative estimate of drug-likeness (QED) is 0.655. The van der Waals surface area contributed by atoms with Crippen molar-refractivity contribution in [2.24, 2.45) is 0 Å². The Hall–Kier alpha value is -1.92. The molecule has 1 fully saturated rings. The van der Waals surface area contributed by atoms with E-state index in [-0.39, 0.29) is 6.04 Å². The molecular formula is C18H25N3O3. The molecule has 24 heavy (non-hydrogen) atoms. The summed E-state index contributed by atoms with van der Waals surface area (Å²) in [5.41, 5.74) is 1.98. The third kappa shape index (κ3) is 3.76. The third-order valence-corrected chi connectivity index (χ3v) is 4.66. The molecule has 0 bridgehead atoms. The van der Waals surface area contributed by atoms with Crippen molar-refractivity contribution < 1.29 is 14.3 Å². The van der Waals surface area contributed by atoms with Gasteiger partial charge in [0.15, 0.2) is 0 Å². The molecular weight excluding hydrogens is 306 g/mol. The predicted octanol–water partition coefficient (Wildman–Crippen LogP) is 0.803. The summed E-state index contributed by atoms with van der Waals surface area (Å²) in [4.78, 5) is 28.6. The van der Waals surface area contributed by atoms with Crippen molar-refractivity contribution in [2.75, 3.05) is 44.3 Å². The number of carbonyl (C=O) groups is 2. The molecule has 2 aliphatic heterocycles. The number of hydrogen-bond donors (Lipinski definition) is 1. The molecule has 1 aromatic carbocycles. The van der Waals surface area contributed by atoms with Crippen LogP contribution in [0.2, 0.25) is 0 Å². The number of amides is 2. The molecule has 6 heteroatoms. The first kappa shape index (κ1) is 16.9. The zero-order chi connectivity index (χ0) is 16.9. The van der Waals surface area contributed by atoms with Gasteiger partial charge in [-0.1, -0.05) is 18.2 Å². The minimum Gasteiger partial charge on any atom is -0.379 e. The minimum absolute atomic E-state index is 0.0222. The van der Waals surface area contributed by atoms with E-state index in [1.807, 2.05) is 31.2 Å². The second kappa shape index (κ2) is 7.77. The predicted molar refractivity (Wildman–Crippen MR) is 92.0 cm³/mol.